The lowest BCUT2D eigenvalue weighted by Crippen LogP contribution is -2.39. The number of rotatable bonds is 5. The number of hydrogen-bond acceptors (Lipinski definition) is 6. The van der Waals surface area contributed by atoms with Gasteiger partial charge >= 0.3 is 0 Å². The highest BCUT2D eigenvalue weighted by Gasteiger charge is 2.32. The van der Waals surface area contributed by atoms with Gasteiger partial charge in [-0.05, 0) is 61.7 Å². The minimum atomic E-state index is -3.53. The van der Waals surface area contributed by atoms with Gasteiger partial charge in [0.25, 0.3) is 0 Å². The van der Waals surface area contributed by atoms with Crippen molar-refractivity contribution in [2.24, 2.45) is 0 Å². The van der Waals surface area contributed by atoms with E-state index in [2.05, 4.69) is 16.2 Å². The summed E-state index contributed by atoms with van der Waals surface area (Å²) in [6.07, 6.45) is 4.28. The lowest BCUT2D eigenvalue weighted by Gasteiger charge is -2.20. The molecule has 2 aliphatic heterocycles. The summed E-state index contributed by atoms with van der Waals surface area (Å²) in [5.74, 6) is -0.152. The molecular weight excluding hydrogens is 452 g/mol. The standard InChI is InChI=1S/C22H27ClN4O4S/c23-15-5-10-21(28)18(13-15)19-14-20(26-25-19)22(29)24-16-6-8-17(9-7-16)32(30,31)27-11-3-1-2-4-12-27/h5-10,13,19-20,25-26,28H,1-4,11-12,14H2,(H,24,29). The number of sulfonamides is 1. The lowest BCUT2D eigenvalue weighted by molar-refractivity contribution is -0.117. The molecule has 2 aliphatic rings. The average Bonchev–Trinajstić information content (AvgIpc) is 3.10. The topological polar surface area (TPSA) is 111 Å². The third-order valence-electron chi connectivity index (χ3n) is 5.91. The molecule has 2 atom stereocenters. The number of benzene rings is 2. The molecule has 0 aromatic heterocycles. The number of hydrogen-bond donors (Lipinski definition) is 4. The van der Waals surface area contributed by atoms with Gasteiger partial charge in [0, 0.05) is 29.4 Å². The van der Waals surface area contributed by atoms with Gasteiger partial charge in [-0.15, -0.1) is 0 Å². The van der Waals surface area contributed by atoms with Gasteiger partial charge < -0.3 is 10.4 Å². The van der Waals surface area contributed by atoms with E-state index < -0.39 is 16.1 Å². The summed E-state index contributed by atoms with van der Waals surface area (Å²) in [7, 11) is -3.53. The van der Waals surface area contributed by atoms with Crippen LogP contribution in [0.4, 0.5) is 5.69 Å². The van der Waals surface area contributed by atoms with E-state index >= 15 is 0 Å². The molecule has 8 nitrogen and oxygen atoms in total. The summed E-state index contributed by atoms with van der Waals surface area (Å²) in [6, 6.07) is 10.3. The molecule has 10 heteroatoms. The zero-order valence-corrected chi connectivity index (χ0v) is 19.1. The molecule has 2 unspecified atom stereocenters. The summed E-state index contributed by atoms with van der Waals surface area (Å²) in [5.41, 5.74) is 7.08. The molecule has 2 heterocycles. The van der Waals surface area contributed by atoms with Crippen LogP contribution in [-0.2, 0) is 14.8 Å². The van der Waals surface area contributed by atoms with Crippen molar-refractivity contribution >= 4 is 33.2 Å². The van der Waals surface area contributed by atoms with Crippen molar-refractivity contribution in [3.05, 3.63) is 53.1 Å². The van der Waals surface area contributed by atoms with Crippen LogP contribution in [0.5, 0.6) is 5.75 Å². The fourth-order valence-corrected chi connectivity index (χ4v) is 5.80. The van der Waals surface area contributed by atoms with Crippen molar-refractivity contribution in [3.63, 3.8) is 0 Å². The van der Waals surface area contributed by atoms with Crippen LogP contribution in [0.15, 0.2) is 47.4 Å². The van der Waals surface area contributed by atoms with E-state index in [4.69, 9.17) is 11.6 Å². The molecule has 2 saturated heterocycles. The summed E-state index contributed by atoms with van der Waals surface area (Å²) >= 11 is 6.02. The largest absolute Gasteiger partial charge is 0.508 e. The van der Waals surface area contributed by atoms with Gasteiger partial charge in [-0.25, -0.2) is 19.3 Å². The van der Waals surface area contributed by atoms with Crippen LogP contribution in [0.25, 0.3) is 0 Å². The number of nitrogens with one attached hydrogen (secondary N) is 3. The highest BCUT2D eigenvalue weighted by Crippen LogP contribution is 2.32. The number of carbonyl (C=O) groups is 1. The smallest absolute Gasteiger partial charge is 0.243 e. The number of anilines is 1. The van der Waals surface area contributed by atoms with Gasteiger partial charge in [0.2, 0.25) is 15.9 Å². The van der Waals surface area contributed by atoms with Crippen LogP contribution in [0.2, 0.25) is 5.02 Å². The maximum absolute atomic E-state index is 12.9. The minimum absolute atomic E-state index is 0.107. The fourth-order valence-electron chi connectivity index (χ4n) is 4.11. The van der Waals surface area contributed by atoms with Crippen LogP contribution in [0.1, 0.15) is 43.7 Å². The van der Waals surface area contributed by atoms with Gasteiger partial charge in [-0.1, -0.05) is 24.4 Å². The zero-order valence-electron chi connectivity index (χ0n) is 17.6. The van der Waals surface area contributed by atoms with E-state index in [0.717, 1.165) is 25.7 Å². The predicted molar refractivity (Wildman–Crippen MR) is 123 cm³/mol. The van der Waals surface area contributed by atoms with Crippen LogP contribution in [0, 0.1) is 0 Å². The first-order chi connectivity index (χ1) is 15.3. The number of aromatic hydroxyl groups is 1. The van der Waals surface area contributed by atoms with Crippen molar-refractivity contribution in [3.8, 4) is 5.75 Å². The molecule has 2 aromatic rings. The van der Waals surface area contributed by atoms with Crippen molar-refractivity contribution in [2.75, 3.05) is 18.4 Å². The first-order valence-electron chi connectivity index (χ1n) is 10.7. The SMILES string of the molecule is O=C(Nc1ccc(S(=O)(=O)N2CCCCCC2)cc1)C1CC(c2cc(Cl)ccc2O)NN1. The predicted octanol–water partition coefficient (Wildman–Crippen LogP) is 3.16. The zero-order chi connectivity index (χ0) is 22.7. The summed E-state index contributed by atoms with van der Waals surface area (Å²) in [5, 5.41) is 13.4. The van der Waals surface area contributed by atoms with E-state index in [0.29, 0.717) is 35.8 Å². The second-order valence-electron chi connectivity index (χ2n) is 8.16. The summed E-state index contributed by atoms with van der Waals surface area (Å²) in [4.78, 5) is 12.9. The third kappa shape index (κ3) is 5.07. The first-order valence-corrected chi connectivity index (χ1v) is 12.6. The van der Waals surface area contributed by atoms with Gasteiger partial charge in [0.15, 0.2) is 0 Å². The van der Waals surface area contributed by atoms with Crippen LogP contribution < -0.4 is 16.2 Å². The first kappa shape index (κ1) is 23.0. The van der Waals surface area contributed by atoms with Crippen molar-refractivity contribution < 1.29 is 18.3 Å². The summed E-state index contributed by atoms with van der Waals surface area (Å²) < 4.78 is 27.3. The molecule has 2 aromatic carbocycles. The van der Waals surface area contributed by atoms with E-state index in [9.17, 15) is 18.3 Å². The lowest BCUT2D eigenvalue weighted by atomic mass is 10.0. The third-order valence-corrected chi connectivity index (χ3v) is 8.06. The number of phenols is 1. The van der Waals surface area contributed by atoms with E-state index in [1.165, 1.54) is 18.2 Å². The molecule has 2 fully saturated rings. The Hall–Kier alpha value is -2.17. The molecule has 172 valence electrons. The van der Waals surface area contributed by atoms with Gasteiger partial charge in [-0.2, -0.15) is 4.31 Å². The molecular formula is C22H27ClN4O4S. The van der Waals surface area contributed by atoms with E-state index in [1.807, 2.05) is 0 Å². The number of halogens is 1. The highest BCUT2D eigenvalue weighted by atomic mass is 35.5. The van der Waals surface area contributed by atoms with E-state index in [-0.39, 0.29) is 22.6 Å². The van der Waals surface area contributed by atoms with Gasteiger partial charge in [0.05, 0.1) is 10.9 Å². The molecule has 0 spiro atoms. The van der Waals surface area contributed by atoms with Gasteiger partial charge in [-0.3, -0.25) is 4.79 Å². The monoisotopic (exact) mass is 478 g/mol. The maximum Gasteiger partial charge on any atom is 0.243 e. The number of hydrazine groups is 1. The molecule has 0 saturated carbocycles. The maximum atomic E-state index is 12.9. The quantitative estimate of drug-likeness (QED) is 0.525. The van der Waals surface area contributed by atoms with Crippen LogP contribution >= 0.6 is 11.6 Å². The Morgan fingerprint density at radius 3 is 2.41 bits per heavy atom. The Bertz CT molecular complexity index is 1070. The Morgan fingerprint density at radius 2 is 1.72 bits per heavy atom. The average molecular weight is 479 g/mol. The Balaban J connectivity index is 1.38. The Kier molecular flexibility index (Phi) is 7.02. The van der Waals surface area contributed by atoms with Crippen LogP contribution in [-0.4, -0.2) is 42.9 Å². The molecule has 32 heavy (non-hydrogen) atoms. The Morgan fingerprint density at radius 1 is 1.03 bits per heavy atom. The van der Waals surface area contributed by atoms with E-state index in [1.54, 1.807) is 28.6 Å². The minimum Gasteiger partial charge on any atom is -0.508 e. The van der Waals surface area contributed by atoms with Gasteiger partial charge in [0.1, 0.15) is 11.8 Å². The molecule has 0 bridgehead atoms. The highest BCUT2D eigenvalue weighted by molar-refractivity contribution is 7.89. The fraction of sp³-hybridized carbons (Fsp3) is 0.409. The molecule has 4 rings (SSSR count). The van der Waals surface area contributed by atoms with Crippen molar-refractivity contribution in [1.29, 1.82) is 0 Å². The normalized spacial score (nSPS) is 22.4. The number of nitrogens with zero attached hydrogens (tertiary/aromatic N) is 1. The van der Waals surface area contributed by atoms with Crippen LogP contribution in [0.3, 0.4) is 0 Å². The van der Waals surface area contributed by atoms with Crippen molar-refractivity contribution in [2.45, 2.75) is 49.1 Å². The molecule has 0 aliphatic carbocycles. The summed E-state index contributed by atoms with van der Waals surface area (Å²) in [6.45, 7) is 1.09. The number of carbonyl (C=O) groups excluding carboxylic acids is 1. The molecule has 0 radical (unpaired) electrons. The number of phenolic OH excluding ortho intramolecular Hbond substituents is 1. The molecule has 1 amide bonds. The number of amides is 1. The second kappa shape index (κ2) is 9.76. The van der Waals surface area contributed by atoms with Crippen molar-refractivity contribution in [1.82, 2.24) is 15.2 Å². The second-order valence-corrected chi connectivity index (χ2v) is 10.5. The molecule has 4 N–H and O–H groups in total. The Labute approximate surface area is 193 Å².